The van der Waals surface area contributed by atoms with E-state index in [1.807, 2.05) is 13.1 Å². The van der Waals surface area contributed by atoms with Crippen molar-refractivity contribution in [2.45, 2.75) is 19.4 Å². The quantitative estimate of drug-likeness (QED) is 0.721. The van der Waals surface area contributed by atoms with Crippen molar-refractivity contribution in [3.05, 3.63) is 23.8 Å². The Morgan fingerprint density at radius 2 is 1.83 bits per heavy atom. The van der Waals surface area contributed by atoms with Gasteiger partial charge in [-0.05, 0) is 50.7 Å². The molecule has 1 aliphatic heterocycles. The molecule has 0 aliphatic carbocycles. The van der Waals surface area contributed by atoms with Gasteiger partial charge in [0.2, 0.25) is 0 Å². The molecule has 100 valence electrons. The van der Waals surface area contributed by atoms with Gasteiger partial charge in [0.15, 0.2) is 11.5 Å². The highest BCUT2D eigenvalue weighted by Crippen LogP contribution is 2.30. The Labute approximate surface area is 109 Å². The zero-order valence-electron chi connectivity index (χ0n) is 11.0. The first kappa shape index (κ1) is 13.2. The van der Waals surface area contributed by atoms with Crippen LogP contribution in [0.25, 0.3) is 0 Å². The minimum atomic E-state index is 0.647. The Kier molecular flexibility index (Phi) is 5.30. The van der Waals surface area contributed by atoms with Crippen molar-refractivity contribution in [1.29, 1.82) is 0 Å². The number of nitrogens with one attached hydrogen (secondary N) is 2. The van der Waals surface area contributed by atoms with Crippen molar-refractivity contribution in [2.24, 2.45) is 0 Å². The predicted molar refractivity (Wildman–Crippen MR) is 72.3 cm³/mol. The van der Waals surface area contributed by atoms with Crippen LogP contribution in [0.15, 0.2) is 18.2 Å². The van der Waals surface area contributed by atoms with E-state index in [4.69, 9.17) is 9.47 Å². The Morgan fingerprint density at radius 1 is 1.06 bits per heavy atom. The molecular weight excluding hydrogens is 228 g/mol. The highest BCUT2D eigenvalue weighted by Gasteiger charge is 2.11. The summed E-state index contributed by atoms with van der Waals surface area (Å²) in [7, 11) is 1.99. The first-order valence-electron chi connectivity index (χ1n) is 6.64. The normalized spacial score (nSPS) is 13.6. The molecule has 0 bridgehead atoms. The van der Waals surface area contributed by atoms with Crippen molar-refractivity contribution in [3.8, 4) is 11.5 Å². The van der Waals surface area contributed by atoms with E-state index in [-0.39, 0.29) is 0 Å². The molecule has 18 heavy (non-hydrogen) atoms. The summed E-state index contributed by atoms with van der Waals surface area (Å²) in [5.41, 5.74) is 1.24. The summed E-state index contributed by atoms with van der Waals surface area (Å²) in [6, 6.07) is 6.15. The third-order valence-corrected chi connectivity index (χ3v) is 2.97. The Morgan fingerprint density at radius 3 is 2.67 bits per heavy atom. The molecule has 1 aromatic carbocycles. The Bertz CT molecular complexity index is 369. The summed E-state index contributed by atoms with van der Waals surface area (Å²) in [6.07, 6.45) is 2.41. The molecule has 0 fully saturated rings. The molecule has 0 aromatic heterocycles. The number of benzene rings is 1. The molecule has 4 nitrogen and oxygen atoms in total. The Balaban J connectivity index is 1.72. The van der Waals surface area contributed by atoms with Crippen LogP contribution < -0.4 is 20.1 Å². The van der Waals surface area contributed by atoms with Gasteiger partial charge in [-0.2, -0.15) is 0 Å². The minimum absolute atomic E-state index is 0.647. The van der Waals surface area contributed by atoms with Crippen LogP contribution in [0.2, 0.25) is 0 Å². The summed E-state index contributed by atoms with van der Waals surface area (Å²) in [4.78, 5) is 0. The van der Waals surface area contributed by atoms with Crippen molar-refractivity contribution < 1.29 is 9.47 Å². The van der Waals surface area contributed by atoms with E-state index >= 15 is 0 Å². The van der Waals surface area contributed by atoms with Gasteiger partial charge in [0.25, 0.3) is 0 Å². The van der Waals surface area contributed by atoms with E-state index in [1.165, 1.54) is 18.4 Å². The fourth-order valence-corrected chi connectivity index (χ4v) is 1.98. The molecule has 4 heteroatoms. The zero-order valence-corrected chi connectivity index (χ0v) is 11.0. The smallest absolute Gasteiger partial charge is 0.161 e. The second-order valence-corrected chi connectivity index (χ2v) is 4.47. The number of hydrogen-bond donors (Lipinski definition) is 2. The fraction of sp³-hybridized carbons (Fsp3) is 0.571. The zero-order chi connectivity index (χ0) is 12.6. The number of hydrogen-bond acceptors (Lipinski definition) is 4. The van der Waals surface area contributed by atoms with Gasteiger partial charge in [-0.25, -0.2) is 0 Å². The van der Waals surface area contributed by atoms with Crippen molar-refractivity contribution in [1.82, 2.24) is 10.6 Å². The summed E-state index contributed by atoms with van der Waals surface area (Å²) >= 11 is 0. The molecule has 1 heterocycles. The van der Waals surface area contributed by atoms with Gasteiger partial charge in [-0.15, -0.1) is 0 Å². The van der Waals surface area contributed by atoms with Crippen LogP contribution >= 0.6 is 0 Å². The predicted octanol–water partition coefficient (Wildman–Crippen LogP) is 1.55. The standard InChI is InChI=1S/C14H22N2O2/c1-15-6-2-3-7-16-11-12-4-5-13-14(10-12)18-9-8-17-13/h4-5,10,15-16H,2-3,6-9,11H2,1H3. The third-order valence-electron chi connectivity index (χ3n) is 2.97. The average molecular weight is 250 g/mol. The fourth-order valence-electron chi connectivity index (χ4n) is 1.98. The number of rotatable bonds is 7. The lowest BCUT2D eigenvalue weighted by Gasteiger charge is -2.19. The van der Waals surface area contributed by atoms with E-state index in [9.17, 15) is 0 Å². The van der Waals surface area contributed by atoms with Crippen LogP contribution in [0.5, 0.6) is 11.5 Å². The molecule has 1 aliphatic rings. The molecule has 0 spiro atoms. The molecule has 1 aromatic rings. The van der Waals surface area contributed by atoms with Crippen LogP contribution in [0.4, 0.5) is 0 Å². The van der Waals surface area contributed by atoms with Crippen LogP contribution in [0, 0.1) is 0 Å². The van der Waals surface area contributed by atoms with Gasteiger partial charge < -0.3 is 20.1 Å². The van der Waals surface area contributed by atoms with Crippen LogP contribution in [0.3, 0.4) is 0 Å². The molecule has 0 saturated heterocycles. The van der Waals surface area contributed by atoms with Crippen molar-refractivity contribution in [3.63, 3.8) is 0 Å². The minimum Gasteiger partial charge on any atom is -0.486 e. The van der Waals surface area contributed by atoms with Gasteiger partial charge >= 0.3 is 0 Å². The van der Waals surface area contributed by atoms with Crippen LogP contribution in [0.1, 0.15) is 18.4 Å². The summed E-state index contributed by atoms with van der Waals surface area (Å²) < 4.78 is 11.1. The summed E-state index contributed by atoms with van der Waals surface area (Å²) in [5.74, 6) is 1.73. The number of ether oxygens (including phenoxy) is 2. The van der Waals surface area contributed by atoms with Gasteiger partial charge in [0.05, 0.1) is 0 Å². The summed E-state index contributed by atoms with van der Waals surface area (Å²) in [6.45, 7) is 4.32. The third kappa shape index (κ3) is 3.89. The molecule has 0 amide bonds. The topological polar surface area (TPSA) is 42.5 Å². The molecule has 2 N–H and O–H groups in total. The van der Waals surface area contributed by atoms with Gasteiger partial charge in [0.1, 0.15) is 13.2 Å². The number of unbranched alkanes of at least 4 members (excludes halogenated alkanes) is 1. The first-order chi connectivity index (χ1) is 8.90. The molecule has 0 unspecified atom stereocenters. The maximum atomic E-state index is 5.56. The monoisotopic (exact) mass is 250 g/mol. The van der Waals surface area contributed by atoms with Gasteiger partial charge in [-0.1, -0.05) is 6.07 Å². The lowest BCUT2D eigenvalue weighted by molar-refractivity contribution is 0.171. The Hall–Kier alpha value is -1.26. The lowest BCUT2D eigenvalue weighted by atomic mass is 10.2. The van der Waals surface area contributed by atoms with Crippen LogP contribution in [-0.4, -0.2) is 33.4 Å². The van der Waals surface area contributed by atoms with E-state index < -0.39 is 0 Å². The average Bonchev–Trinajstić information content (AvgIpc) is 2.42. The second-order valence-electron chi connectivity index (χ2n) is 4.47. The maximum Gasteiger partial charge on any atom is 0.161 e. The molecule has 2 rings (SSSR count). The molecule has 0 saturated carbocycles. The second kappa shape index (κ2) is 7.24. The molecular formula is C14H22N2O2. The lowest BCUT2D eigenvalue weighted by Crippen LogP contribution is -2.18. The van der Waals surface area contributed by atoms with E-state index in [0.29, 0.717) is 13.2 Å². The molecule has 0 atom stereocenters. The van der Waals surface area contributed by atoms with Crippen molar-refractivity contribution in [2.75, 3.05) is 33.4 Å². The van der Waals surface area contributed by atoms with Gasteiger partial charge in [0, 0.05) is 6.54 Å². The van der Waals surface area contributed by atoms with Crippen molar-refractivity contribution >= 4 is 0 Å². The molecule has 0 radical (unpaired) electrons. The van der Waals surface area contributed by atoms with E-state index in [0.717, 1.165) is 31.1 Å². The highest BCUT2D eigenvalue weighted by molar-refractivity contribution is 5.43. The largest absolute Gasteiger partial charge is 0.486 e. The first-order valence-corrected chi connectivity index (χ1v) is 6.64. The number of fused-ring (bicyclic) bond motifs is 1. The van der Waals surface area contributed by atoms with Crippen LogP contribution in [-0.2, 0) is 6.54 Å². The maximum absolute atomic E-state index is 5.56. The van der Waals surface area contributed by atoms with E-state index in [2.05, 4.69) is 22.8 Å². The highest BCUT2D eigenvalue weighted by atomic mass is 16.6. The van der Waals surface area contributed by atoms with Gasteiger partial charge in [-0.3, -0.25) is 0 Å². The van der Waals surface area contributed by atoms with E-state index in [1.54, 1.807) is 0 Å². The summed E-state index contributed by atoms with van der Waals surface area (Å²) in [5, 5.41) is 6.60. The SMILES string of the molecule is CNCCCCNCc1ccc2c(c1)OCCO2.